The zero-order chi connectivity index (χ0) is 11.4. The van der Waals surface area contributed by atoms with E-state index in [9.17, 15) is 0 Å². The van der Waals surface area contributed by atoms with E-state index in [1.54, 1.807) is 0 Å². The third-order valence-electron chi connectivity index (χ3n) is 2.64. The molecule has 0 spiro atoms. The van der Waals surface area contributed by atoms with Crippen molar-refractivity contribution < 1.29 is 0 Å². The minimum absolute atomic E-state index is 0.317. The third-order valence-corrected chi connectivity index (χ3v) is 2.94. The van der Waals surface area contributed by atoms with Crippen molar-refractivity contribution in [1.82, 2.24) is 9.97 Å². The Balaban J connectivity index is 2.99. The van der Waals surface area contributed by atoms with Crippen molar-refractivity contribution in [1.29, 1.82) is 0 Å². The van der Waals surface area contributed by atoms with E-state index in [1.807, 2.05) is 7.05 Å². The minimum atomic E-state index is 0.317. The highest BCUT2D eigenvalue weighted by atomic mass is 35.5. The summed E-state index contributed by atoms with van der Waals surface area (Å²) in [5, 5.41) is 0.317. The van der Waals surface area contributed by atoms with Crippen LogP contribution >= 0.6 is 11.6 Å². The zero-order valence-corrected chi connectivity index (χ0v) is 10.1. The quantitative estimate of drug-likeness (QED) is 0.804. The molecule has 0 aliphatic carbocycles. The topological polar surface area (TPSA) is 55.0 Å². The highest BCUT2D eigenvalue weighted by molar-refractivity contribution is 6.32. The summed E-state index contributed by atoms with van der Waals surface area (Å²) in [6, 6.07) is 0.429. The van der Waals surface area contributed by atoms with E-state index >= 15 is 0 Å². The number of hydrogen-bond acceptors (Lipinski definition) is 4. The van der Waals surface area contributed by atoms with Crippen molar-refractivity contribution in [3.05, 3.63) is 11.5 Å². The molecule has 84 valence electrons. The van der Waals surface area contributed by atoms with E-state index < -0.39 is 0 Å². The Morgan fingerprint density at radius 3 is 2.53 bits per heavy atom. The van der Waals surface area contributed by atoms with Crippen LogP contribution in [-0.2, 0) is 0 Å². The molecule has 0 amide bonds. The molecule has 0 saturated carbocycles. The Kier molecular flexibility index (Phi) is 4.15. The zero-order valence-electron chi connectivity index (χ0n) is 9.37. The first-order valence-corrected chi connectivity index (χ1v) is 5.48. The Labute approximate surface area is 95.5 Å². The smallest absolute Gasteiger partial charge is 0.157 e. The Morgan fingerprint density at radius 2 is 2.00 bits per heavy atom. The van der Waals surface area contributed by atoms with Crippen molar-refractivity contribution in [3.8, 4) is 0 Å². The lowest BCUT2D eigenvalue weighted by atomic mass is 10.1. The van der Waals surface area contributed by atoms with Gasteiger partial charge in [-0.1, -0.05) is 25.4 Å². The fraction of sp³-hybridized carbons (Fsp3) is 0.600. The maximum atomic E-state index is 5.85. The second kappa shape index (κ2) is 5.16. The molecule has 0 atom stereocenters. The van der Waals surface area contributed by atoms with Gasteiger partial charge in [-0.05, 0) is 12.8 Å². The van der Waals surface area contributed by atoms with Crippen molar-refractivity contribution in [2.75, 3.05) is 17.7 Å². The number of halogens is 1. The van der Waals surface area contributed by atoms with Crippen LogP contribution in [0.25, 0.3) is 0 Å². The average molecular weight is 229 g/mol. The number of nitrogens with zero attached hydrogens (tertiary/aromatic N) is 3. The highest BCUT2D eigenvalue weighted by Crippen LogP contribution is 2.27. The normalized spacial score (nSPS) is 10.7. The van der Waals surface area contributed by atoms with Crippen molar-refractivity contribution in [2.24, 2.45) is 0 Å². The average Bonchev–Trinajstić information content (AvgIpc) is 2.23. The van der Waals surface area contributed by atoms with Gasteiger partial charge in [0, 0.05) is 13.1 Å². The Bertz CT molecular complexity index is 325. The Hall–Kier alpha value is -1.03. The van der Waals surface area contributed by atoms with Crippen LogP contribution in [0, 0.1) is 0 Å². The van der Waals surface area contributed by atoms with Gasteiger partial charge in [0.2, 0.25) is 0 Å². The predicted molar refractivity (Wildman–Crippen MR) is 64.2 cm³/mol. The number of aromatic nitrogens is 2. The highest BCUT2D eigenvalue weighted by Gasteiger charge is 2.16. The van der Waals surface area contributed by atoms with Gasteiger partial charge in [0.25, 0.3) is 0 Å². The summed E-state index contributed by atoms with van der Waals surface area (Å²) in [6.07, 6.45) is 3.54. The number of rotatable bonds is 4. The largest absolute Gasteiger partial charge is 0.393 e. The fourth-order valence-electron chi connectivity index (χ4n) is 1.66. The number of nitrogen functional groups attached to an aromatic ring is 1. The maximum Gasteiger partial charge on any atom is 0.157 e. The predicted octanol–water partition coefficient (Wildman–Crippen LogP) is 2.34. The lowest BCUT2D eigenvalue weighted by Crippen LogP contribution is -2.31. The summed E-state index contributed by atoms with van der Waals surface area (Å²) >= 11 is 5.85. The minimum Gasteiger partial charge on any atom is -0.393 e. The van der Waals surface area contributed by atoms with Gasteiger partial charge >= 0.3 is 0 Å². The van der Waals surface area contributed by atoms with Gasteiger partial charge in [-0.25, -0.2) is 9.97 Å². The molecule has 0 aliphatic rings. The standard InChI is InChI=1S/C10H17ClN4/c1-4-7(5-2)15(3)10-8(12)9(11)13-6-14-10/h6-7H,4-5,12H2,1-3H3. The van der Waals surface area contributed by atoms with Crippen LogP contribution in [0.1, 0.15) is 26.7 Å². The molecule has 1 rings (SSSR count). The van der Waals surface area contributed by atoms with Crippen molar-refractivity contribution >= 4 is 23.1 Å². The van der Waals surface area contributed by atoms with Crippen LogP contribution in [0.2, 0.25) is 5.15 Å². The van der Waals surface area contributed by atoms with Gasteiger partial charge < -0.3 is 10.6 Å². The summed E-state index contributed by atoms with van der Waals surface area (Å²) in [5.41, 5.74) is 6.28. The van der Waals surface area contributed by atoms with Crippen LogP contribution in [0.5, 0.6) is 0 Å². The molecule has 0 aliphatic heterocycles. The first-order valence-electron chi connectivity index (χ1n) is 5.10. The van der Waals surface area contributed by atoms with Gasteiger partial charge in [0.05, 0.1) is 0 Å². The fourth-order valence-corrected chi connectivity index (χ4v) is 1.78. The molecular weight excluding hydrogens is 212 g/mol. The monoisotopic (exact) mass is 228 g/mol. The molecule has 0 fully saturated rings. The van der Waals surface area contributed by atoms with Gasteiger partial charge in [-0.3, -0.25) is 0 Å². The van der Waals surface area contributed by atoms with Gasteiger partial charge in [-0.2, -0.15) is 0 Å². The molecule has 4 nitrogen and oxygen atoms in total. The van der Waals surface area contributed by atoms with Crippen LogP contribution in [0.15, 0.2) is 6.33 Å². The van der Waals surface area contributed by atoms with E-state index in [4.69, 9.17) is 17.3 Å². The van der Waals surface area contributed by atoms with Gasteiger partial charge in [0.15, 0.2) is 11.0 Å². The lowest BCUT2D eigenvalue weighted by molar-refractivity contribution is 0.587. The summed E-state index contributed by atoms with van der Waals surface area (Å²) in [5.74, 6) is 0.712. The van der Waals surface area contributed by atoms with Gasteiger partial charge in [0.1, 0.15) is 12.0 Å². The summed E-state index contributed by atoms with van der Waals surface area (Å²) in [6.45, 7) is 4.29. The van der Waals surface area contributed by atoms with Crippen molar-refractivity contribution in [3.63, 3.8) is 0 Å². The molecule has 2 N–H and O–H groups in total. The van der Waals surface area contributed by atoms with E-state index in [0.717, 1.165) is 12.8 Å². The van der Waals surface area contributed by atoms with E-state index in [0.29, 0.717) is 22.7 Å². The molecule has 0 aromatic carbocycles. The van der Waals surface area contributed by atoms with Crippen LogP contribution in [-0.4, -0.2) is 23.1 Å². The summed E-state index contributed by atoms with van der Waals surface area (Å²) in [7, 11) is 1.98. The van der Waals surface area contributed by atoms with E-state index in [-0.39, 0.29) is 0 Å². The molecule has 0 bridgehead atoms. The molecule has 0 saturated heterocycles. The molecule has 1 aromatic rings. The number of anilines is 2. The summed E-state index contributed by atoms with van der Waals surface area (Å²) in [4.78, 5) is 10.1. The Morgan fingerprint density at radius 1 is 1.40 bits per heavy atom. The molecule has 0 radical (unpaired) electrons. The molecule has 0 unspecified atom stereocenters. The van der Waals surface area contributed by atoms with Crippen molar-refractivity contribution in [2.45, 2.75) is 32.7 Å². The molecule has 15 heavy (non-hydrogen) atoms. The molecular formula is C10H17ClN4. The second-order valence-corrected chi connectivity index (χ2v) is 3.84. The first kappa shape index (κ1) is 12.0. The van der Waals surface area contributed by atoms with E-state index in [1.165, 1.54) is 6.33 Å². The number of hydrogen-bond donors (Lipinski definition) is 1. The molecule has 1 aromatic heterocycles. The molecule has 1 heterocycles. The van der Waals surface area contributed by atoms with Crippen LogP contribution in [0.3, 0.4) is 0 Å². The van der Waals surface area contributed by atoms with E-state index in [2.05, 4.69) is 28.7 Å². The van der Waals surface area contributed by atoms with Gasteiger partial charge in [-0.15, -0.1) is 0 Å². The SMILES string of the molecule is CCC(CC)N(C)c1ncnc(Cl)c1N. The number of nitrogens with two attached hydrogens (primary N) is 1. The lowest BCUT2D eigenvalue weighted by Gasteiger charge is -2.28. The summed E-state index contributed by atoms with van der Waals surface area (Å²) < 4.78 is 0. The second-order valence-electron chi connectivity index (χ2n) is 3.48. The molecule has 5 heteroatoms. The maximum absolute atomic E-state index is 5.85. The first-order chi connectivity index (χ1) is 7.11. The van der Waals surface area contributed by atoms with Crippen LogP contribution in [0.4, 0.5) is 11.5 Å². The van der Waals surface area contributed by atoms with Crippen LogP contribution < -0.4 is 10.6 Å². The third kappa shape index (κ3) is 2.50.